The van der Waals surface area contributed by atoms with Gasteiger partial charge in [0.05, 0.1) is 0 Å². The number of hydrogen-bond donors (Lipinski definition) is 1. The molecule has 5 heteroatoms. The number of nitrogens with zero attached hydrogens (tertiary/aromatic N) is 1. The summed E-state index contributed by atoms with van der Waals surface area (Å²) in [6.45, 7) is 0. The van der Waals surface area contributed by atoms with Crippen LogP contribution in [0.15, 0.2) is 47.4 Å². The van der Waals surface area contributed by atoms with E-state index in [1.54, 1.807) is 25.4 Å². The molecule has 1 saturated carbocycles. The Morgan fingerprint density at radius 3 is 2.59 bits per heavy atom. The van der Waals surface area contributed by atoms with Crippen molar-refractivity contribution in [2.75, 3.05) is 0 Å². The minimum absolute atomic E-state index is 0.187. The van der Waals surface area contributed by atoms with Crippen LogP contribution in [0.5, 0.6) is 0 Å². The summed E-state index contributed by atoms with van der Waals surface area (Å²) in [5, 5.41) is 3.73. The molecule has 1 fully saturated rings. The van der Waals surface area contributed by atoms with Crippen molar-refractivity contribution >= 4 is 17.5 Å². The molecule has 2 aromatic rings. The third-order valence-electron chi connectivity index (χ3n) is 4.06. The molecule has 0 atom stereocenters. The Labute approximate surface area is 133 Å². The van der Waals surface area contributed by atoms with E-state index in [9.17, 15) is 9.59 Å². The molecular formula is C17H17ClN2O2. The molecule has 1 N–H and O–H groups in total. The van der Waals surface area contributed by atoms with Gasteiger partial charge in [0.15, 0.2) is 0 Å². The van der Waals surface area contributed by atoms with Gasteiger partial charge in [-0.25, -0.2) is 0 Å². The average Bonchev–Trinajstić information content (AvgIpc) is 3.23. The topological polar surface area (TPSA) is 51.1 Å². The molecule has 1 heterocycles. The van der Waals surface area contributed by atoms with Crippen molar-refractivity contribution in [2.24, 2.45) is 7.05 Å². The van der Waals surface area contributed by atoms with E-state index in [0.717, 1.165) is 24.8 Å². The fraction of sp³-hybridized carbons (Fsp3) is 0.294. The van der Waals surface area contributed by atoms with Gasteiger partial charge in [0.1, 0.15) is 5.56 Å². The summed E-state index contributed by atoms with van der Waals surface area (Å²) < 4.78 is 1.41. The maximum atomic E-state index is 12.4. The zero-order valence-electron chi connectivity index (χ0n) is 12.3. The van der Waals surface area contributed by atoms with Crippen molar-refractivity contribution in [1.82, 2.24) is 9.88 Å². The van der Waals surface area contributed by atoms with Crippen molar-refractivity contribution in [2.45, 2.75) is 24.8 Å². The molecule has 0 spiro atoms. The normalized spacial score (nSPS) is 15.4. The highest BCUT2D eigenvalue weighted by molar-refractivity contribution is 6.30. The van der Waals surface area contributed by atoms with Crippen LogP contribution in [0.1, 0.15) is 28.8 Å². The van der Waals surface area contributed by atoms with Crippen LogP contribution in [0.3, 0.4) is 0 Å². The Kier molecular flexibility index (Phi) is 3.79. The van der Waals surface area contributed by atoms with Crippen molar-refractivity contribution in [3.8, 4) is 0 Å². The Bertz CT molecular complexity index is 761. The Morgan fingerprint density at radius 2 is 1.95 bits per heavy atom. The Morgan fingerprint density at radius 1 is 1.27 bits per heavy atom. The quantitative estimate of drug-likeness (QED) is 0.942. The summed E-state index contributed by atoms with van der Waals surface area (Å²) in [6, 6.07) is 10.9. The lowest BCUT2D eigenvalue weighted by Gasteiger charge is -2.17. The van der Waals surface area contributed by atoms with E-state index in [4.69, 9.17) is 11.6 Å². The molecule has 0 saturated heterocycles. The van der Waals surface area contributed by atoms with Crippen LogP contribution in [0.25, 0.3) is 0 Å². The molecule has 114 valence electrons. The number of aromatic nitrogens is 1. The van der Waals surface area contributed by atoms with Crippen LogP contribution in [-0.2, 0) is 13.5 Å². The van der Waals surface area contributed by atoms with Crippen molar-refractivity contribution in [1.29, 1.82) is 0 Å². The summed E-state index contributed by atoms with van der Waals surface area (Å²) in [6.07, 6.45) is 4.24. The molecule has 1 amide bonds. The van der Waals surface area contributed by atoms with Gasteiger partial charge in [-0.1, -0.05) is 23.7 Å². The van der Waals surface area contributed by atoms with Gasteiger partial charge in [0.2, 0.25) is 0 Å². The maximum absolute atomic E-state index is 12.4. The zero-order chi connectivity index (χ0) is 15.7. The summed E-state index contributed by atoms with van der Waals surface area (Å²) in [5.74, 6) is -0.298. The van der Waals surface area contributed by atoms with E-state index < -0.39 is 0 Å². The molecule has 1 aliphatic carbocycles. The Hall–Kier alpha value is -2.07. The highest BCUT2D eigenvalue weighted by Crippen LogP contribution is 2.39. The van der Waals surface area contributed by atoms with Gasteiger partial charge >= 0.3 is 0 Å². The summed E-state index contributed by atoms with van der Waals surface area (Å²) in [7, 11) is 1.64. The fourth-order valence-electron chi connectivity index (χ4n) is 2.57. The number of nitrogens with one attached hydrogen (secondary N) is 1. The standard InChI is InChI=1S/C17H17ClN2O2/c1-20-10-2-3-14(16(20)22)15(21)19-17(8-9-17)11-12-4-6-13(18)7-5-12/h2-7,10H,8-9,11H2,1H3,(H,19,21). The lowest BCUT2D eigenvalue weighted by atomic mass is 10.0. The smallest absolute Gasteiger partial charge is 0.263 e. The minimum Gasteiger partial charge on any atom is -0.346 e. The van der Waals surface area contributed by atoms with E-state index in [2.05, 4.69) is 5.32 Å². The van der Waals surface area contributed by atoms with Crippen LogP contribution < -0.4 is 10.9 Å². The number of amides is 1. The van der Waals surface area contributed by atoms with Crippen molar-refractivity contribution < 1.29 is 4.79 Å². The first-order valence-electron chi connectivity index (χ1n) is 7.22. The van der Waals surface area contributed by atoms with E-state index >= 15 is 0 Å². The highest BCUT2D eigenvalue weighted by atomic mass is 35.5. The summed E-state index contributed by atoms with van der Waals surface area (Å²) >= 11 is 5.89. The van der Waals surface area contributed by atoms with Gasteiger partial charge < -0.3 is 9.88 Å². The van der Waals surface area contributed by atoms with Crippen LogP contribution in [0.4, 0.5) is 0 Å². The Balaban J connectivity index is 1.74. The molecule has 0 unspecified atom stereocenters. The van der Waals surface area contributed by atoms with Gasteiger partial charge in [-0.3, -0.25) is 9.59 Å². The van der Waals surface area contributed by atoms with Gasteiger partial charge in [-0.05, 0) is 49.1 Å². The summed E-state index contributed by atoms with van der Waals surface area (Å²) in [5.41, 5.74) is 0.809. The van der Waals surface area contributed by atoms with Crippen LogP contribution in [0, 0.1) is 0 Å². The van der Waals surface area contributed by atoms with E-state index in [1.165, 1.54) is 4.57 Å². The second kappa shape index (κ2) is 5.61. The van der Waals surface area contributed by atoms with E-state index in [-0.39, 0.29) is 22.6 Å². The number of aryl methyl sites for hydroxylation is 1. The van der Waals surface area contributed by atoms with Crippen LogP contribution in [-0.4, -0.2) is 16.0 Å². The molecule has 0 aliphatic heterocycles. The molecule has 1 aliphatic rings. The molecule has 0 bridgehead atoms. The van der Waals surface area contributed by atoms with Crippen molar-refractivity contribution in [3.05, 3.63) is 69.1 Å². The third kappa shape index (κ3) is 3.07. The van der Waals surface area contributed by atoms with Crippen LogP contribution in [0.2, 0.25) is 5.02 Å². The number of hydrogen-bond acceptors (Lipinski definition) is 2. The monoisotopic (exact) mass is 316 g/mol. The zero-order valence-corrected chi connectivity index (χ0v) is 13.1. The van der Waals surface area contributed by atoms with Gasteiger partial charge in [0, 0.05) is 23.8 Å². The summed E-state index contributed by atoms with van der Waals surface area (Å²) in [4.78, 5) is 24.4. The third-order valence-corrected chi connectivity index (χ3v) is 4.31. The molecule has 1 aromatic carbocycles. The number of halogens is 1. The molecular weight excluding hydrogens is 300 g/mol. The second-order valence-corrected chi connectivity index (χ2v) is 6.31. The molecule has 3 rings (SSSR count). The average molecular weight is 317 g/mol. The van der Waals surface area contributed by atoms with Gasteiger partial charge in [-0.15, -0.1) is 0 Å². The first kappa shape index (κ1) is 14.9. The number of benzene rings is 1. The fourth-order valence-corrected chi connectivity index (χ4v) is 2.69. The molecule has 0 radical (unpaired) electrons. The number of carbonyl (C=O) groups excluding carboxylic acids is 1. The van der Waals surface area contributed by atoms with Crippen LogP contribution >= 0.6 is 11.6 Å². The highest BCUT2D eigenvalue weighted by Gasteiger charge is 2.44. The first-order chi connectivity index (χ1) is 10.5. The second-order valence-electron chi connectivity index (χ2n) is 5.88. The van der Waals surface area contributed by atoms with E-state index in [1.807, 2.05) is 24.3 Å². The largest absolute Gasteiger partial charge is 0.346 e. The number of pyridine rings is 1. The maximum Gasteiger partial charge on any atom is 0.263 e. The lowest BCUT2D eigenvalue weighted by Crippen LogP contribution is -2.41. The predicted octanol–water partition coefficient (Wildman–Crippen LogP) is 2.54. The molecule has 4 nitrogen and oxygen atoms in total. The van der Waals surface area contributed by atoms with E-state index in [0.29, 0.717) is 5.02 Å². The number of carbonyl (C=O) groups is 1. The van der Waals surface area contributed by atoms with Gasteiger partial charge in [-0.2, -0.15) is 0 Å². The SMILES string of the molecule is Cn1cccc(C(=O)NC2(Cc3ccc(Cl)cc3)CC2)c1=O. The molecule has 22 heavy (non-hydrogen) atoms. The minimum atomic E-state index is -0.298. The number of rotatable bonds is 4. The van der Waals surface area contributed by atoms with Gasteiger partial charge in [0.25, 0.3) is 11.5 Å². The molecule has 1 aromatic heterocycles. The lowest BCUT2D eigenvalue weighted by molar-refractivity contribution is 0.0929. The predicted molar refractivity (Wildman–Crippen MR) is 86.3 cm³/mol. The van der Waals surface area contributed by atoms with Crippen molar-refractivity contribution in [3.63, 3.8) is 0 Å². The first-order valence-corrected chi connectivity index (χ1v) is 7.60.